The van der Waals surface area contributed by atoms with E-state index in [4.69, 9.17) is 17.3 Å². The fraction of sp³-hybridized carbons (Fsp3) is 0.562. The number of rotatable bonds is 5. The van der Waals surface area contributed by atoms with Gasteiger partial charge in [0.25, 0.3) is 5.91 Å². The Balaban J connectivity index is 2.29. The number of nitrogens with one attached hydrogen (secondary N) is 1. The van der Waals surface area contributed by atoms with Gasteiger partial charge in [-0.05, 0) is 57.8 Å². The minimum Gasteiger partial charge on any atom is -0.368 e. The summed E-state index contributed by atoms with van der Waals surface area (Å²) in [4.78, 5) is 14.0. The highest BCUT2D eigenvalue weighted by molar-refractivity contribution is 6.34. The summed E-state index contributed by atoms with van der Waals surface area (Å²) in [6, 6.07) is 5.82. The van der Waals surface area contributed by atoms with Crippen LogP contribution in [0.4, 0.5) is 5.69 Å². The van der Waals surface area contributed by atoms with E-state index in [-0.39, 0.29) is 6.04 Å². The van der Waals surface area contributed by atoms with Gasteiger partial charge in [-0.3, -0.25) is 4.79 Å². The summed E-state index contributed by atoms with van der Waals surface area (Å²) < 4.78 is 0. The molecule has 0 radical (unpaired) electrons. The molecule has 1 aromatic carbocycles. The molecule has 1 aliphatic rings. The van der Waals surface area contributed by atoms with Crippen LogP contribution in [0.3, 0.4) is 0 Å². The van der Waals surface area contributed by atoms with Crippen molar-refractivity contribution in [2.24, 2.45) is 11.7 Å². The molecule has 116 valence electrons. The van der Waals surface area contributed by atoms with Gasteiger partial charge in [0.1, 0.15) is 0 Å². The fourth-order valence-corrected chi connectivity index (χ4v) is 3.19. The van der Waals surface area contributed by atoms with Crippen molar-refractivity contribution in [2.75, 3.05) is 24.5 Å². The second kappa shape index (κ2) is 7.14. The molecule has 0 spiro atoms. The molecule has 2 rings (SSSR count). The molecule has 5 heteroatoms. The maximum absolute atomic E-state index is 11.8. The summed E-state index contributed by atoms with van der Waals surface area (Å²) in [6.45, 7) is 7.32. The number of halogens is 1. The molecular formula is C16H24ClN3O. The van der Waals surface area contributed by atoms with Crippen molar-refractivity contribution in [1.82, 2.24) is 5.32 Å². The summed E-state index contributed by atoms with van der Waals surface area (Å²) >= 11 is 6.18. The number of nitrogens with two attached hydrogens (primary N) is 1. The average molecular weight is 310 g/mol. The lowest BCUT2D eigenvalue weighted by atomic mass is 9.96. The zero-order chi connectivity index (χ0) is 15.4. The minimum atomic E-state index is -0.466. The van der Waals surface area contributed by atoms with Crippen molar-refractivity contribution in [2.45, 2.75) is 32.7 Å². The van der Waals surface area contributed by atoms with Gasteiger partial charge < -0.3 is 16.0 Å². The predicted molar refractivity (Wildman–Crippen MR) is 88.0 cm³/mol. The van der Waals surface area contributed by atoms with E-state index in [2.05, 4.69) is 24.1 Å². The molecule has 21 heavy (non-hydrogen) atoms. The van der Waals surface area contributed by atoms with Gasteiger partial charge in [-0.25, -0.2) is 0 Å². The Morgan fingerprint density at radius 2 is 2.10 bits per heavy atom. The number of hydrogen-bond donors (Lipinski definition) is 2. The molecule has 1 saturated heterocycles. The zero-order valence-corrected chi connectivity index (χ0v) is 13.5. The van der Waals surface area contributed by atoms with Crippen LogP contribution in [0, 0.1) is 5.92 Å². The average Bonchev–Trinajstić information content (AvgIpc) is 2.45. The first kappa shape index (κ1) is 16.1. The molecular weight excluding hydrogens is 286 g/mol. The quantitative estimate of drug-likeness (QED) is 0.879. The summed E-state index contributed by atoms with van der Waals surface area (Å²) in [7, 11) is 0. The number of amides is 1. The summed E-state index contributed by atoms with van der Waals surface area (Å²) in [5.41, 5.74) is 6.81. The maximum Gasteiger partial charge on any atom is 0.252 e. The Morgan fingerprint density at radius 1 is 1.43 bits per heavy atom. The first-order valence-corrected chi connectivity index (χ1v) is 7.94. The van der Waals surface area contributed by atoms with E-state index in [1.807, 2.05) is 12.1 Å². The summed E-state index contributed by atoms with van der Waals surface area (Å²) in [5.74, 6) is 0.167. The molecule has 1 heterocycles. The molecule has 0 bridgehead atoms. The number of nitrogens with zero attached hydrogens (tertiary/aromatic N) is 1. The predicted octanol–water partition coefficient (Wildman–Crippen LogP) is 2.65. The van der Waals surface area contributed by atoms with Crippen LogP contribution in [0.1, 0.15) is 37.0 Å². The second-order valence-corrected chi connectivity index (χ2v) is 6.34. The monoisotopic (exact) mass is 309 g/mol. The Kier molecular flexibility index (Phi) is 5.48. The third-order valence-electron chi connectivity index (χ3n) is 4.08. The first-order valence-electron chi connectivity index (χ1n) is 7.56. The van der Waals surface area contributed by atoms with Crippen LogP contribution in [0.15, 0.2) is 18.2 Å². The van der Waals surface area contributed by atoms with E-state index in [0.717, 1.165) is 38.2 Å². The number of anilines is 1. The molecule has 3 N–H and O–H groups in total. The highest BCUT2D eigenvalue weighted by Crippen LogP contribution is 2.30. The molecule has 1 aliphatic heterocycles. The molecule has 0 unspecified atom stereocenters. The fourth-order valence-electron chi connectivity index (χ4n) is 2.93. The highest BCUT2D eigenvalue weighted by Gasteiger charge is 2.23. The molecule has 1 aromatic rings. The molecule has 1 amide bonds. The lowest BCUT2D eigenvalue weighted by molar-refractivity contribution is 0.100. The van der Waals surface area contributed by atoms with Crippen molar-refractivity contribution in [3.8, 4) is 0 Å². The number of piperidine rings is 1. The molecule has 0 aliphatic carbocycles. The topological polar surface area (TPSA) is 58.4 Å². The van der Waals surface area contributed by atoms with Gasteiger partial charge in [0, 0.05) is 12.6 Å². The van der Waals surface area contributed by atoms with Crippen molar-refractivity contribution in [1.29, 1.82) is 0 Å². The van der Waals surface area contributed by atoms with Gasteiger partial charge in [0.05, 0.1) is 16.3 Å². The van der Waals surface area contributed by atoms with Crippen LogP contribution < -0.4 is 16.0 Å². The Labute approximate surface area is 131 Å². The maximum atomic E-state index is 11.8. The summed E-state index contributed by atoms with van der Waals surface area (Å²) in [6.07, 6.45) is 2.32. The molecule has 4 nitrogen and oxygen atoms in total. The number of benzene rings is 1. The third kappa shape index (κ3) is 3.89. The molecule has 1 fully saturated rings. The Hall–Kier alpha value is -1.26. The van der Waals surface area contributed by atoms with Gasteiger partial charge in [0.2, 0.25) is 0 Å². The minimum absolute atomic E-state index is 0.288. The van der Waals surface area contributed by atoms with Gasteiger partial charge in [0.15, 0.2) is 0 Å². The second-order valence-electron chi connectivity index (χ2n) is 5.94. The Bertz CT molecular complexity index is 498. The van der Waals surface area contributed by atoms with Gasteiger partial charge in [-0.2, -0.15) is 0 Å². The largest absolute Gasteiger partial charge is 0.368 e. The summed E-state index contributed by atoms with van der Waals surface area (Å²) in [5, 5.41) is 3.81. The molecule has 0 saturated carbocycles. The van der Waals surface area contributed by atoms with E-state index in [0.29, 0.717) is 16.5 Å². The van der Waals surface area contributed by atoms with E-state index in [1.165, 1.54) is 0 Å². The lowest BCUT2D eigenvalue weighted by Crippen LogP contribution is -2.40. The van der Waals surface area contributed by atoms with E-state index < -0.39 is 5.91 Å². The van der Waals surface area contributed by atoms with E-state index in [9.17, 15) is 4.79 Å². The van der Waals surface area contributed by atoms with Crippen LogP contribution in [0.2, 0.25) is 5.02 Å². The van der Waals surface area contributed by atoms with E-state index in [1.54, 1.807) is 6.07 Å². The third-order valence-corrected chi connectivity index (χ3v) is 4.40. The zero-order valence-electron chi connectivity index (χ0n) is 12.7. The first-order chi connectivity index (χ1) is 10.0. The SMILES string of the molecule is CC(C)N(CC1CCNCC1)c1cccc(Cl)c1C(N)=O. The van der Waals surface area contributed by atoms with Gasteiger partial charge in [-0.1, -0.05) is 17.7 Å². The van der Waals surface area contributed by atoms with Crippen molar-refractivity contribution >= 4 is 23.2 Å². The van der Waals surface area contributed by atoms with E-state index >= 15 is 0 Å². The molecule has 0 aromatic heterocycles. The van der Waals surface area contributed by atoms with Crippen LogP contribution in [-0.4, -0.2) is 31.6 Å². The highest BCUT2D eigenvalue weighted by atomic mass is 35.5. The van der Waals surface area contributed by atoms with Crippen molar-refractivity contribution in [3.05, 3.63) is 28.8 Å². The van der Waals surface area contributed by atoms with Crippen molar-refractivity contribution < 1.29 is 4.79 Å². The van der Waals surface area contributed by atoms with Crippen molar-refractivity contribution in [3.63, 3.8) is 0 Å². The van der Waals surface area contributed by atoms with Gasteiger partial charge >= 0.3 is 0 Å². The molecule has 0 atom stereocenters. The Morgan fingerprint density at radius 3 is 2.67 bits per heavy atom. The van der Waals surface area contributed by atoms with Crippen LogP contribution in [0.25, 0.3) is 0 Å². The smallest absolute Gasteiger partial charge is 0.252 e. The van der Waals surface area contributed by atoms with Crippen LogP contribution >= 0.6 is 11.6 Å². The number of primary amides is 1. The van der Waals surface area contributed by atoms with Crippen LogP contribution in [-0.2, 0) is 0 Å². The number of carbonyl (C=O) groups excluding carboxylic acids is 1. The normalized spacial score (nSPS) is 16.2. The van der Waals surface area contributed by atoms with Crippen LogP contribution in [0.5, 0.6) is 0 Å². The standard InChI is InChI=1S/C16H24ClN3O/c1-11(2)20(10-12-6-8-19-9-7-12)14-5-3-4-13(17)15(14)16(18)21/h3-5,11-12,19H,6-10H2,1-2H3,(H2,18,21). The number of carbonyl (C=O) groups is 1. The van der Waals surface area contributed by atoms with Gasteiger partial charge in [-0.15, -0.1) is 0 Å². The number of hydrogen-bond acceptors (Lipinski definition) is 3. The lowest BCUT2D eigenvalue weighted by Gasteiger charge is -2.35.